The lowest BCUT2D eigenvalue weighted by molar-refractivity contribution is 0.0951. The topological polar surface area (TPSA) is 103 Å². The van der Waals surface area contributed by atoms with Crippen LogP contribution in [0.1, 0.15) is 16.2 Å². The third-order valence-corrected chi connectivity index (χ3v) is 2.51. The summed E-state index contributed by atoms with van der Waals surface area (Å²) in [5.41, 5.74) is 6.56. The molecule has 0 unspecified atom stereocenters. The van der Waals surface area contributed by atoms with Gasteiger partial charge in [-0.3, -0.25) is 4.79 Å². The number of hydrogen-bond donors (Lipinski definition) is 2. The van der Waals surface area contributed by atoms with Crippen molar-refractivity contribution in [1.29, 1.82) is 0 Å². The molecule has 100 valence electrons. The van der Waals surface area contributed by atoms with E-state index in [4.69, 9.17) is 10.5 Å². The molecule has 1 heterocycles. The van der Waals surface area contributed by atoms with Crippen LogP contribution in [0.2, 0.25) is 0 Å². The molecule has 0 fully saturated rings. The van der Waals surface area contributed by atoms with Gasteiger partial charge in [-0.1, -0.05) is 5.16 Å². The summed E-state index contributed by atoms with van der Waals surface area (Å²) in [5.74, 6) is 0.763. The van der Waals surface area contributed by atoms with Crippen molar-refractivity contribution >= 4 is 11.6 Å². The molecule has 0 aliphatic heterocycles. The van der Waals surface area contributed by atoms with E-state index in [0.29, 0.717) is 35.8 Å². The smallest absolute Gasteiger partial charge is 0.255 e. The number of nitrogens with two attached hydrogens (primary N) is 1. The molecule has 19 heavy (non-hydrogen) atoms. The molecule has 0 saturated heterocycles. The molecule has 0 bridgehead atoms. The van der Waals surface area contributed by atoms with Crippen LogP contribution >= 0.6 is 0 Å². The summed E-state index contributed by atoms with van der Waals surface area (Å²) in [5, 5.41) is 6.39. The van der Waals surface area contributed by atoms with E-state index >= 15 is 0 Å². The SMILES string of the molecule is COc1ccc(N)cc1C(=O)NCCc1ncon1. The number of benzene rings is 1. The number of hydrogen-bond acceptors (Lipinski definition) is 6. The second kappa shape index (κ2) is 5.85. The highest BCUT2D eigenvalue weighted by Gasteiger charge is 2.12. The Morgan fingerprint density at radius 1 is 1.53 bits per heavy atom. The average molecular weight is 262 g/mol. The number of anilines is 1. The highest BCUT2D eigenvalue weighted by Crippen LogP contribution is 2.20. The zero-order valence-electron chi connectivity index (χ0n) is 10.4. The van der Waals surface area contributed by atoms with E-state index in [9.17, 15) is 4.79 Å². The normalized spacial score (nSPS) is 10.2. The van der Waals surface area contributed by atoms with Gasteiger partial charge in [-0.2, -0.15) is 4.98 Å². The fourth-order valence-corrected chi connectivity index (χ4v) is 1.59. The maximum atomic E-state index is 12.0. The Hall–Kier alpha value is -2.57. The summed E-state index contributed by atoms with van der Waals surface area (Å²) in [6.07, 6.45) is 1.74. The number of carbonyl (C=O) groups excluding carboxylic acids is 1. The summed E-state index contributed by atoms with van der Waals surface area (Å²) in [4.78, 5) is 15.9. The Labute approximate surface area is 109 Å². The minimum absolute atomic E-state index is 0.257. The minimum Gasteiger partial charge on any atom is -0.496 e. The van der Waals surface area contributed by atoms with Crippen molar-refractivity contribution < 1.29 is 14.1 Å². The van der Waals surface area contributed by atoms with E-state index in [2.05, 4.69) is 20.0 Å². The van der Waals surface area contributed by atoms with Crippen molar-refractivity contribution in [1.82, 2.24) is 15.5 Å². The minimum atomic E-state index is -0.257. The highest BCUT2D eigenvalue weighted by molar-refractivity contribution is 5.97. The lowest BCUT2D eigenvalue weighted by Crippen LogP contribution is -2.26. The van der Waals surface area contributed by atoms with Crippen molar-refractivity contribution in [3.05, 3.63) is 36.0 Å². The molecule has 7 nitrogen and oxygen atoms in total. The number of amides is 1. The van der Waals surface area contributed by atoms with Crippen LogP contribution in [-0.4, -0.2) is 29.7 Å². The molecule has 0 atom stereocenters. The molecule has 2 aromatic rings. The molecule has 7 heteroatoms. The van der Waals surface area contributed by atoms with E-state index in [0.717, 1.165) is 0 Å². The molecule has 1 aromatic carbocycles. The number of rotatable bonds is 5. The Morgan fingerprint density at radius 2 is 2.37 bits per heavy atom. The molecule has 0 spiro atoms. The van der Waals surface area contributed by atoms with E-state index in [-0.39, 0.29) is 5.91 Å². The second-order valence-electron chi connectivity index (χ2n) is 3.81. The number of nitrogen functional groups attached to an aromatic ring is 1. The summed E-state index contributed by atoms with van der Waals surface area (Å²) in [6, 6.07) is 4.90. The first-order chi connectivity index (χ1) is 9.20. The van der Waals surface area contributed by atoms with Crippen molar-refractivity contribution in [3.8, 4) is 5.75 Å². The fourth-order valence-electron chi connectivity index (χ4n) is 1.59. The number of aromatic nitrogens is 2. The van der Waals surface area contributed by atoms with Crippen molar-refractivity contribution in [2.45, 2.75) is 6.42 Å². The van der Waals surface area contributed by atoms with Crippen molar-refractivity contribution in [2.75, 3.05) is 19.4 Å². The van der Waals surface area contributed by atoms with Crippen LogP contribution in [0, 0.1) is 0 Å². The summed E-state index contributed by atoms with van der Waals surface area (Å²) in [7, 11) is 1.50. The molecule has 0 saturated carbocycles. The first-order valence-electron chi connectivity index (χ1n) is 5.67. The van der Waals surface area contributed by atoms with Gasteiger partial charge in [-0.15, -0.1) is 0 Å². The summed E-state index contributed by atoms with van der Waals surface area (Å²) in [6.45, 7) is 0.399. The highest BCUT2D eigenvalue weighted by atomic mass is 16.5. The fraction of sp³-hybridized carbons (Fsp3) is 0.250. The molecular formula is C12H14N4O3. The monoisotopic (exact) mass is 262 g/mol. The van der Waals surface area contributed by atoms with Gasteiger partial charge in [0.15, 0.2) is 5.82 Å². The van der Waals surface area contributed by atoms with Gasteiger partial charge in [0.05, 0.1) is 12.7 Å². The predicted molar refractivity (Wildman–Crippen MR) is 67.7 cm³/mol. The summed E-state index contributed by atoms with van der Waals surface area (Å²) < 4.78 is 9.72. The third kappa shape index (κ3) is 3.21. The Kier molecular flexibility index (Phi) is 3.97. The molecule has 1 aromatic heterocycles. The van der Waals surface area contributed by atoms with Gasteiger partial charge in [0.25, 0.3) is 5.91 Å². The van der Waals surface area contributed by atoms with Gasteiger partial charge >= 0.3 is 0 Å². The van der Waals surface area contributed by atoms with Crippen LogP contribution in [0.5, 0.6) is 5.75 Å². The Balaban J connectivity index is 1.97. The van der Waals surface area contributed by atoms with Crippen LogP contribution in [-0.2, 0) is 6.42 Å². The Morgan fingerprint density at radius 3 is 3.05 bits per heavy atom. The molecule has 1 amide bonds. The molecule has 0 aliphatic carbocycles. The predicted octanol–water partition coefficient (Wildman–Crippen LogP) is 0.633. The molecule has 3 N–H and O–H groups in total. The molecular weight excluding hydrogens is 248 g/mol. The average Bonchev–Trinajstić information content (AvgIpc) is 2.91. The van der Waals surface area contributed by atoms with E-state index < -0.39 is 0 Å². The van der Waals surface area contributed by atoms with Crippen LogP contribution in [0.4, 0.5) is 5.69 Å². The lowest BCUT2D eigenvalue weighted by atomic mass is 10.1. The van der Waals surface area contributed by atoms with Crippen LogP contribution in [0.25, 0.3) is 0 Å². The van der Waals surface area contributed by atoms with Gasteiger partial charge < -0.3 is 20.3 Å². The van der Waals surface area contributed by atoms with Gasteiger partial charge in [-0.25, -0.2) is 0 Å². The van der Waals surface area contributed by atoms with Gasteiger partial charge in [0.2, 0.25) is 6.39 Å². The number of ether oxygens (including phenoxy) is 1. The van der Waals surface area contributed by atoms with Gasteiger partial charge in [0.1, 0.15) is 5.75 Å². The quantitative estimate of drug-likeness (QED) is 0.766. The summed E-state index contributed by atoms with van der Waals surface area (Å²) >= 11 is 0. The maximum absolute atomic E-state index is 12.0. The van der Waals surface area contributed by atoms with Crippen molar-refractivity contribution in [2.24, 2.45) is 0 Å². The molecule has 0 radical (unpaired) electrons. The van der Waals surface area contributed by atoms with Crippen LogP contribution in [0.15, 0.2) is 29.1 Å². The first-order valence-corrected chi connectivity index (χ1v) is 5.67. The van der Waals surface area contributed by atoms with E-state index in [1.165, 1.54) is 13.5 Å². The van der Waals surface area contributed by atoms with Gasteiger partial charge in [0, 0.05) is 18.7 Å². The number of nitrogens with zero attached hydrogens (tertiary/aromatic N) is 2. The number of methoxy groups -OCH3 is 1. The largest absolute Gasteiger partial charge is 0.496 e. The zero-order valence-corrected chi connectivity index (χ0v) is 10.4. The van der Waals surface area contributed by atoms with Crippen LogP contribution in [0.3, 0.4) is 0 Å². The maximum Gasteiger partial charge on any atom is 0.255 e. The zero-order chi connectivity index (χ0) is 13.7. The number of nitrogens with one attached hydrogen (secondary N) is 1. The molecule has 2 rings (SSSR count). The number of carbonyl (C=O) groups is 1. The lowest BCUT2D eigenvalue weighted by Gasteiger charge is -2.09. The Bertz CT molecular complexity index is 554. The van der Waals surface area contributed by atoms with E-state index in [1.54, 1.807) is 18.2 Å². The molecule has 0 aliphatic rings. The van der Waals surface area contributed by atoms with E-state index in [1.807, 2.05) is 0 Å². The van der Waals surface area contributed by atoms with Crippen LogP contribution < -0.4 is 15.8 Å². The first kappa shape index (κ1) is 12.9. The standard InChI is InChI=1S/C12H14N4O3/c1-18-10-3-2-8(13)6-9(10)12(17)14-5-4-11-15-7-19-16-11/h2-3,6-7H,4-5,13H2,1H3,(H,14,17). The van der Waals surface area contributed by atoms with Gasteiger partial charge in [-0.05, 0) is 18.2 Å². The van der Waals surface area contributed by atoms with Crippen molar-refractivity contribution in [3.63, 3.8) is 0 Å². The second-order valence-corrected chi connectivity index (χ2v) is 3.81. The third-order valence-electron chi connectivity index (χ3n) is 2.51.